The molecule has 1 saturated heterocycles. The molecule has 4 heteroatoms. The molecule has 0 aromatic heterocycles. The van der Waals surface area contributed by atoms with Gasteiger partial charge in [-0.25, -0.2) is 0 Å². The highest BCUT2D eigenvalue weighted by Crippen LogP contribution is 2.39. The van der Waals surface area contributed by atoms with Crippen LogP contribution in [0.2, 0.25) is 0 Å². The van der Waals surface area contributed by atoms with Crippen LogP contribution in [0.15, 0.2) is 0 Å². The van der Waals surface area contributed by atoms with Gasteiger partial charge in [-0.15, -0.1) is 0 Å². The fourth-order valence-electron chi connectivity index (χ4n) is 2.58. The molecule has 2 fully saturated rings. The van der Waals surface area contributed by atoms with E-state index in [2.05, 4.69) is 0 Å². The van der Waals surface area contributed by atoms with Crippen LogP contribution in [0.4, 0.5) is 0 Å². The third kappa shape index (κ3) is 1.21. The highest BCUT2D eigenvalue weighted by Gasteiger charge is 2.52. The molecule has 0 bridgehead atoms. The summed E-state index contributed by atoms with van der Waals surface area (Å²) in [6, 6.07) is 0.238. The largest absolute Gasteiger partial charge is 0.312 e. The normalized spacial score (nSPS) is 40.6. The Morgan fingerprint density at radius 2 is 1.38 bits per heavy atom. The average Bonchev–Trinajstić information content (AvgIpc) is 2.30. The van der Waals surface area contributed by atoms with Crippen molar-refractivity contribution in [2.24, 2.45) is 0 Å². The zero-order chi connectivity index (χ0) is 9.64. The molecule has 0 amide bonds. The third-order valence-electron chi connectivity index (χ3n) is 3.44. The summed E-state index contributed by atoms with van der Waals surface area (Å²) in [4.78, 5) is 0. The first-order valence-electron chi connectivity index (χ1n) is 5.01. The molecule has 0 radical (unpaired) electrons. The Kier molecular flexibility index (Phi) is 2.11. The van der Waals surface area contributed by atoms with E-state index in [1.165, 1.54) is 10.1 Å². The van der Waals surface area contributed by atoms with Crippen LogP contribution in [0.1, 0.15) is 39.5 Å². The second kappa shape index (κ2) is 2.92. The van der Waals surface area contributed by atoms with Crippen molar-refractivity contribution in [2.75, 3.05) is 0 Å². The van der Waals surface area contributed by atoms with Crippen LogP contribution in [-0.4, -0.2) is 38.3 Å². The number of hydroxylamine groups is 4. The van der Waals surface area contributed by atoms with Crippen LogP contribution in [0.3, 0.4) is 0 Å². The molecule has 2 N–H and O–H groups in total. The lowest BCUT2D eigenvalue weighted by Gasteiger charge is -2.31. The van der Waals surface area contributed by atoms with E-state index in [1.807, 2.05) is 13.8 Å². The van der Waals surface area contributed by atoms with Gasteiger partial charge in [-0.05, 0) is 26.7 Å². The number of rotatable bonds is 0. The molecule has 0 unspecified atom stereocenters. The molecular formula is C9H18N2O2. The summed E-state index contributed by atoms with van der Waals surface area (Å²) in [5.41, 5.74) is -0.625. The molecule has 0 aromatic rings. The molecule has 2 rings (SSSR count). The van der Waals surface area contributed by atoms with Gasteiger partial charge in [-0.2, -0.15) is 10.1 Å². The molecule has 76 valence electrons. The first kappa shape index (κ1) is 9.40. The Bertz CT molecular complexity index is 188. The monoisotopic (exact) mass is 186 g/mol. The summed E-state index contributed by atoms with van der Waals surface area (Å²) >= 11 is 0. The molecule has 1 aliphatic heterocycles. The molecular weight excluding hydrogens is 168 g/mol. The van der Waals surface area contributed by atoms with E-state index in [-0.39, 0.29) is 12.1 Å². The van der Waals surface area contributed by atoms with Crippen LogP contribution in [0, 0.1) is 0 Å². The van der Waals surface area contributed by atoms with Crippen LogP contribution in [-0.2, 0) is 0 Å². The minimum atomic E-state index is -0.625. The van der Waals surface area contributed by atoms with E-state index in [0.29, 0.717) is 0 Å². The molecule has 2 aliphatic rings. The van der Waals surface area contributed by atoms with E-state index in [4.69, 9.17) is 0 Å². The second-order valence-electron chi connectivity index (χ2n) is 4.60. The van der Waals surface area contributed by atoms with Gasteiger partial charge in [0.05, 0.1) is 12.1 Å². The lowest BCUT2D eigenvalue weighted by atomic mass is 9.91. The van der Waals surface area contributed by atoms with E-state index in [9.17, 15) is 10.4 Å². The van der Waals surface area contributed by atoms with E-state index in [0.717, 1.165) is 25.7 Å². The van der Waals surface area contributed by atoms with Crippen molar-refractivity contribution in [3.8, 4) is 0 Å². The predicted octanol–water partition coefficient (Wildman–Crippen LogP) is 1.43. The fraction of sp³-hybridized carbons (Fsp3) is 1.00. The Hall–Kier alpha value is -0.160. The smallest absolute Gasteiger partial charge is 0.116 e. The van der Waals surface area contributed by atoms with Gasteiger partial charge in [-0.1, -0.05) is 12.8 Å². The molecule has 1 aliphatic carbocycles. The molecule has 13 heavy (non-hydrogen) atoms. The number of hydrogen-bond donors (Lipinski definition) is 2. The molecule has 1 saturated carbocycles. The highest BCUT2D eigenvalue weighted by atomic mass is 16.6. The van der Waals surface area contributed by atoms with Gasteiger partial charge in [0.15, 0.2) is 0 Å². The predicted molar refractivity (Wildman–Crippen MR) is 47.4 cm³/mol. The summed E-state index contributed by atoms with van der Waals surface area (Å²) in [6.45, 7) is 3.68. The Balaban J connectivity index is 2.23. The van der Waals surface area contributed by atoms with Gasteiger partial charge in [0.1, 0.15) is 5.66 Å². The van der Waals surface area contributed by atoms with Crippen LogP contribution < -0.4 is 0 Å². The van der Waals surface area contributed by atoms with E-state index < -0.39 is 5.66 Å². The molecule has 0 spiro atoms. The maximum atomic E-state index is 9.85. The Morgan fingerprint density at radius 1 is 1.00 bits per heavy atom. The summed E-state index contributed by atoms with van der Waals surface area (Å²) in [6.07, 6.45) is 4.29. The molecule has 4 nitrogen and oxygen atoms in total. The van der Waals surface area contributed by atoms with E-state index in [1.54, 1.807) is 0 Å². The Labute approximate surface area is 78.7 Å². The zero-order valence-corrected chi connectivity index (χ0v) is 8.27. The summed E-state index contributed by atoms with van der Waals surface area (Å²) in [7, 11) is 0. The van der Waals surface area contributed by atoms with Crippen molar-refractivity contribution in [3.63, 3.8) is 0 Å². The van der Waals surface area contributed by atoms with Crippen molar-refractivity contribution in [2.45, 2.75) is 57.3 Å². The number of hydrogen-bond acceptors (Lipinski definition) is 4. The SMILES string of the molecule is CC1(C)N(O)[C@H]2CCCC[C@@H]2N1O. The van der Waals surface area contributed by atoms with Gasteiger partial charge >= 0.3 is 0 Å². The lowest BCUT2D eigenvalue weighted by Crippen LogP contribution is -2.47. The first-order chi connectivity index (χ1) is 6.05. The number of nitrogens with zero attached hydrogens (tertiary/aromatic N) is 2. The minimum Gasteiger partial charge on any atom is -0.312 e. The zero-order valence-electron chi connectivity index (χ0n) is 8.27. The topological polar surface area (TPSA) is 46.9 Å². The molecule has 2 atom stereocenters. The van der Waals surface area contributed by atoms with Crippen LogP contribution in [0.25, 0.3) is 0 Å². The van der Waals surface area contributed by atoms with Crippen LogP contribution >= 0.6 is 0 Å². The maximum absolute atomic E-state index is 9.85. The van der Waals surface area contributed by atoms with Crippen molar-refractivity contribution in [1.82, 2.24) is 10.1 Å². The standard InChI is InChI=1S/C9H18N2O2/c1-9(2)10(12)7-5-3-4-6-8(7)11(9)13/h7-8,12-13H,3-6H2,1-2H3/t7-,8-/m0/s1. The van der Waals surface area contributed by atoms with Crippen LogP contribution in [0.5, 0.6) is 0 Å². The minimum absolute atomic E-state index is 0.119. The maximum Gasteiger partial charge on any atom is 0.116 e. The Morgan fingerprint density at radius 3 is 1.77 bits per heavy atom. The van der Waals surface area contributed by atoms with Crippen molar-refractivity contribution < 1.29 is 10.4 Å². The van der Waals surface area contributed by atoms with Gasteiger partial charge < -0.3 is 10.4 Å². The molecule has 1 heterocycles. The second-order valence-corrected chi connectivity index (χ2v) is 4.60. The fourth-order valence-corrected chi connectivity index (χ4v) is 2.58. The summed E-state index contributed by atoms with van der Waals surface area (Å²) < 4.78 is 0. The van der Waals surface area contributed by atoms with Crippen molar-refractivity contribution in [1.29, 1.82) is 0 Å². The van der Waals surface area contributed by atoms with Gasteiger partial charge in [0.2, 0.25) is 0 Å². The third-order valence-corrected chi connectivity index (χ3v) is 3.44. The first-order valence-corrected chi connectivity index (χ1v) is 5.01. The van der Waals surface area contributed by atoms with Gasteiger partial charge in [0, 0.05) is 0 Å². The van der Waals surface area contributed by atoms with Gasteiger partial charge in [0.25, 0.3) is 0 Å². The highest BCUT2D eigenvalue weighted by molar-refractivity contribution is 4.97. The van der Waals surface area contributed by atoms with Gasteiger partial charge in [-0.3, -0.25) is 0 Å². The van der Waals surface area contributed by atoms with Crippen molar-refractivity contribution >= 4 is 0 Å². The van der Waals surface area contributed by atoms with Crippen molar-refractivity contribution in [3.05, 3.63) is 0 Å². The van der Waals surface area contributed by atoms with E-state index >= 15 is 0 Å². The summed E-state index contributed by atoms with van der Waals surface area (Å²) in [5.74, 6) is 0. The average molecular weight is 186 g/mol. The summed E-state index contributed by atoms with van der Waals surface area (Å²) in [5, 5.41) is 22.3. The molecule has 0 aromatic carbocycles. The number of fused-ring (bicyclic) bond motifs is 1. The quantitative estimate of drug-likeness (QED) is 0.601. The lowest BCUT2D eigenvalue weighted by molar-refractivity contribution is -0.253.